The molecule has 2 heterocycles. The molecule has 6 heteroatoms. The summed E-state index contributed by atoms with van der Waals surface area (Å²) < 4.78 is 5.59. The average molecular weight is 340 g/mol. The number of carbonyl (C=O) groups is 1. The molecule has 1 N–H and O–H groups in total. The van der Waals surface area contributed by atoms with Crippen molar-refractivity contribution in [1.29, 1.82) is 0 Å². The number of piperidine rings is 1. The molecule has 6 nitrogen and oxygen atoms in total. The molecule has 1 saturated heterocycles. The number of aromatic nitrogens is 2. The number of nitrogens with one attached hydrogen (secondary N) is 1. The lowest BCUT2D eigenvalue weighted by Gasteiger charge is -2.35. The number of hydrogen-bond acceptors (Lipinski definition) is 5. The van der Waals surface area contributed by atoms with Gasteiger partial charge in [-0.05, 0) is 31.4 Å². The van der Waals surface area contributed by atoms with Crippen LogP contribution in [0.5, 0.6) is 0 Å². The summed E-state index contributed by atoms with van der Waals surface area (Å²) >= 11 is 0. The molecule has 3 rings (SSSR count). The summed E-state index contributed by atoms with van der Waals surface area (Å²) in [5.74, 6) is 0.584. The van der Waals surface area contributed by atoms with Gasteiger partial charge in [0.25, 0.3) is 5.91 Å². The van der Waals surface area contributed by atoms with Crippen LogP contribution in [0.15, 0.2) is 48.8 Å². The second-order valence-electron chi connectivity index (χ2n) is 6.41. The van der Waals surface area contributed by atoms with Crippen LogP contribution in [0.3, 0.4) is 0 Å². The Kier molecular flexibility index (Phi) is 5.28. The quantitative estimate of drug-likeness (QED) is 0.903. The SMILES string of the molecule is CO[C@](C)(C(=O)N[C@H]1CCCN(c2ncccn2)C1)c1ccccc1. The third-order valence-corrected chi connectivity index (χ3v) is 4.76. The summed E-state index contributed by atoms with van der Waals surface area (Å²) in [6.45, 7) is 3.40. The highest BCUT2D eigenvalue weighted by atomic mass is 16.5. The molecular weight excluding hydrogens is 316 g/mol. The molecule has 2 aromatic rings. The summed E-state index contributed by atoms with van der Waals surface area (Å²) in [5.41, 5.74) is -0.165. The van der Waals surface area contributed by atoms with E-state index in [2.05, 4.69) is 20.2 Å². The van der Waals surface area contributed by atoms with Gasteiger partial charge in [-0.15, -0.1) is 0 Å². The topological polar surface area (TPSA) is 67.3 Å². The maximum Gasteiger partial charge on any atom is 0.256 e. The lowest BCUT2D eigenvalue weighted by Crippen LogP contribution is -2.53. The minimum absolute atomic E-state index is 0.0447. The van der Waals surface area contributed by atoms with E-state index in [9.17, 15) is 4.79 Å². The van der Waals surface area contributed by atoms with E-state index >= 15 is 0 Å². The first-order chi connectivity index (χ1) is 12.1. The standard InChI is InChI=1S/C19H24N4O2/c1-19(25-2,15-8-4-3-5-9-15)17(24)22-16-10-6-13-23(14-16)18-20-11-7-12-21-18/h3-5,7-9,11-12,16H,6,10,13-14H2,1-2H3,(H,22,24)/t16-,19-/m0/s1. The first kappa shape index (κ1) is 17.4. The summed E-state index contributed by atoms with van der Waals surface area (Å²) in [4.78, 5) is 23.6. The Hall–Kier alpha value is -2.47. The molecule has 1 aliphatic heterocycles. The molecule has 1 aromatic heterocycles. The van der Waals surface area contributed by atoms with Gasteiger partial charge in [0.1, 0.15) is 0 Å². The molecule has 0 bridgehead atoms. The smallest absolute Gasteiger partial charge is 0.256 e. The molecule has 0 saturated carbocycles. The molecule has 132 valence electrons. The molecule has 1 aliphatic rings. The zero-order valence-electron chi connectivity index (χ0n) is 14.7. The number of anilines is 1. The zero-order chi connectivity index (χ0) is 17.7. The number of nitrogens with zero attached hydrogens (tertiary/aromatic N) is 3. The third kappa shape index (κ3) is 3.79. The van der Waals surface area contributed by atoms with Crippen molar-refractivity contribution in [3.63, 3.8) is 0 Å². The Morgan fingerprint density at radius 1 is 1.24 bits per heavy atom. The van der Waals surface area contributed by atoms with Gasteiger partial charge < -0.3 is 15.0 Å². The maximum atomic E-state index is 12.9. The largest absolute Gasteiger partial charge is 0.364 e. The van der Waals surface area contributed by atoms with Crippen LogP contribution >= 0.6 is 0 Å². The van der Waals surface area contributed by atoms with Gasteiger partial charge in [-0.3, -0.25) is 4.79 Å². The molecule has 0 aliphatic carbocycles. The Bertz CT molecular complexity index is 695. The zero-order valence-corrected chi connectivity index (χ0v) is 14.7. The van der Waals surface area contributed by atoms with E-state index < -0.39 is 5.60 Å². The van der Waals surface area contributed by atoms with Crippen LogP contribution < -0.4 is 10.2 Å². The lowest BCUT2D eigenvalue weighted by molar-refractivity contribution is -0.143. The van der Waals surface area contributed by atoms with Gasteiger partial charge in [-0.1, -0.05) is 30.3 Å². The van der Waals surface area contributed by atoms with E-state index in [0.717, 1.165) is 24.9 Å². The molecule has 0 spiro atoms. The number of amides is 1. The Morgan fingerprint density at radius 3 is 2.64 bits per heavy atom. The molecule has 1 aromatic carbocycles. The summed E-state index contributed by atoms with van der Waals surface area (Å²) in [6.07, 6.45) is 5.39. The summed E-state index contributed by atoms with van der Waals surface area (Å²) in [6, 6.07) is 11.4. The first-order valence-corrected chi connectivity index (χ1v) is 8.57. The molecular formula is C19H24N4O2. The molecule has 0 unspecified atom stereocenters. The van der Waals surface area contributed by atoms with Gasteiger partial charge in [-0.2, -0.15) is 0 Å². The fraction of sp³-hybridized carbons (Fsp3) is 0.421. The maximum absolute atomic E-state index is 12.9. The van der Waals surface area contributed by atoms with Crippen LogP contribution in [0.1, 0.15) is 25.3 Å². The van der Waals surface area contributed by atoms with Gasteiger partial charge in [0.15, 0.2) is 5.60 Å². The van der Waals surface area contributed by atoms with Crippen molar-refractivity contribution in [2.75, 3.05) is 25.1 Å². The Balaban J connectivity index is 1.69. The molecule has 0 radical (unpaired) electrons. The molecule has 25 heavy (non-hydrogen) atoms. The monoisotopic (exact) mass is 340 g/mol. The van der Waals surface area contributed by atoms with Crippen molar-refractivity contribution < 1.29 is 9.53 Å². The van der Waals surface area contributed by atoms with Crippen LogP contribution in [0.4, 0.5) is 5.95 Å². The number of carbonyl (C=O) groups excluding carboxylic acids is 1. The van der Waals surface area contributed by atoms with Crippen LogP contribution in [0, 0.1) is 0 Å². The van der Waals surface area contributed by atoms with Crippen LogP contribution in [-0.2, 0) is 15.1 Å². The lowest BCUT2D eigenvalue weighted by atomic mass is 9.93. The molecule has 2 atom stereocenters. The summed E-state index contributed by atoms with van der Waals surface area (Å²) in [7, 11) is 1.57. The first-order valence-electron chi connectivity index (χ1n) is 8.57. The number of rotatable bonds is 5. The van der Waals surface area contributed by atoms with Crippen molar-refractivity contribution in [2.45, 2.75) is 31.4 Å². The van der Waals surface area contributed by atoms with Crippen molar-refractivity contribution in [2.24, 2.45) is 0 Å². The number of methoxy groups -OCH3 is 1. The van der Waals surface area contributed by atoms with E-state index in [4.69, 9.17) is 4.74 Å². The predicted octanol–water partition coefficient (Wildman–Crippen LogP) is 2.12. The average Bonchev–Trinajstić information content (AvgIpc) is 2.69. The second-order valence-corrected chi connectivity index (χ2v) is 6.41. The fourth-order valence-corrected chi connectivity index (χ4v) is 3.15. The molecule has 1 fully saturated rings. The van der Waals surface area contributed by atoms with E-state index in [0.29, 0.717) is 12.5 Å². The molecule has 1 amide bonds. The highest BCUT2D eigenvalue weighted by Gasteiger charge is 2.37. The van der Waals surface area contributed by atoms with Crippen molar-refractivity contribution in [3.05, 3.63) is 54.4 Å². The van der Waals surface area contributed by atoms with Gasteiger partial charge >= 0.3 is 0 Å². The normalized spacial score (nSPS) is 19.9. The minimum Gasteiger partial charge on any atom is -0.364 e. The number of ether oxygens (including phenoxy) is 1. The minimum atomic E-state index is -1.01. The van der Waals surface area contributed by atoms with Crippen molar-refractivity contribution >= 4 is 11.9 Å². The van der Waals surface area contributed by atoms with E-state index in [1.165, 1.54) is 0 Å². The summed E-state index contributed by atoms with van der Waals surface area (Å²) in [5, 5.41) is 3.15. The Labute approximate surface area is 148 Å². The van der Waals surface area contributed by atoms with Gasteiger partial charge in [-0.25, -0.2) is 9.97 Å². The number of hydrogen-bond donors (Lipinski definition) is 1. The highest BCUT2D eigenvalue weighted by molar-refractivity contribution is 5.86. The fourth-order valence-electron chi connectivity index (χ4n) is 3.15. The predicted molar refractivity (Wildman–Crippen MR) is 96.2 cm³/mol. The van der Waals surface area contributed by atoms with Crippen molar-refractivity contribution in [3.8, 4) is 0 Å². The van der Waals surface area contributed by atoms with Crippen molar-refractivity contribution in [1.82, 2.24) is 15.3 Å². The van der Waals surface area contributed by atoms with Gasteiger partial charge in [0.05, 0.1) is 0 Å². The van der Waals surface area contributed by atoms with Crippen LogP contribution in [0.25, 0.3) is 0 Å². The van der Waals surface area contributed by atoms with E-state index in [-0.39, 0.29) is 11.9 Å². The van der Waals surface area contributed by atoms with Gasteiger partial charge in [0.2, 0.25) is 5.95 Å². The van der Waals surface area contributed by atoms with Crippen LogP contribution in [0.2, 0.25) is 0 Å². The van der Waals surface area contributed by atoms with Crippen LogP contribution in [-0.4, -0.2) is 42.1 Å². The van der Waals surface area contributed by atoms with Gasteiger partial charge in [0, 0.05) is 38.6 Å². The van der Waals surface area contributed by atoms with E-state index in [1.807, 2.05) is 30.3 Å². The number of benzene rings is 1. The second kappa shape index (κ2) is 7.61. The highest BCUT2D eigenvalue weighted by Crippen LogP contribution is 2.25. The Morgan fingerprint density at radius 2 is 1.96 bits per heavy atom. The third-order valence-electron chi connectivity index (χ3n) is 4.76. The van der Waals surface area contributed by atoms with E-state index in [1.54, 1.807) is 32.5 Å².